The summed E-state index contributed by atoms with van der Waals surface area (Å²) in [6, 6.07) is 0. The zero-order valence-corrected chi connectivity index (χ0v) is 9.38. The summed E-state index contributed by atoms with van der Waals surface area (Å²) < 4.78 is 0. The van der Waals surface area contributed by atoms with Crippen molar-refractivity contribution in [2.45, 2.75) is 32.6 Å². The fourth-order valence-corrected chi connectivity index (χ4v) is 2.14. The molecule has 3 heteroatoms. The number of nitrogens with two attached hydrogens (primary N) is 2. The second-order valence-corrected chi connectivity index (χ2v) is 4.00. The third-order valence-electron chi connectivity index (χ3n) is 2.73. The standard InChI is InChI=1S/C10H16N2S/c1-5-7(3)10(13-12)8(4)6(2)9(5)11/h11-12H2,1-4H3. The first-order valence-electron chi connectivity index (χ1n) is 4.23. The Morgan fingerprint density at radius 1 is 0.846 bits per heavy atom. The summed E-state index contributed by atoms with van der Waals surface area (Å²) in [6.45, 7) is 8.20. The molecule has 0 spiro atoms. The second-order valence-electron chi connectivity index (χ2n) is 3.36. The molecule has 13 heavy (non-hydrogen) atoms. The van der Waals surface area contributed by atoms with Crippen molar-refractivity contribution in [1.82, 2.24) is 0 Å². The minimum atomic E-state index is 0.896. The van der Waals surface area contributed by atoms with Gasteiger partial charge in [-0.25, -0.2) is 0 Å². The largest absolute Gasteiger partial charge is 0.398 e. The molecule has 0 unspecified atom stereocenters. The van der Waals surface area contributed by atoms with Crippen LogP contribution in [-0.2, 0) is 0 Å². The lowest BCUT2D eigenvalue weighted by atomic mass is 9.99. The van der Waals surface area contributed by atoms with E-state index in [-0.39, 0.29) is 0 Å². The molecule has 0 radical (unpaired) electrons. The lowest BCUT2D eigenvalue weighted by molar-refractivity contribution is 1.14. The average Bonchev–Trinajstić information content (AvgIpc) is 2.13. The van der Waals surface area contributed by atoms with E-state index in [9.17, 15) is 0 Å². The van der Waals surface area contributed by atoms with Crippen molar-refractivity contribution in [3.8, 4) is 0 Å². The molecule has 0 atom stereocenters. The van der Waals surface area contributed by atoms with E-state index in [0.29, 0.717) is 0 Å². The third kappa shape index (κ3) is 1.54. The molecule has 1 rings (SSSR count). The monoisotopic (exact) mass is 196 g/mol. The molecule has 0 aliphatic heterocycles. The van der Waals surface area contributed by atoms with Crippen molar-refractivity contribution in [2.75, 3.05) is 5.73 Å². The quantitative estimate of drug-likeness (QED) is 0.536. The zero-order valence-electron chi connectivity index (χ0n) is 8.56. The lowest BCUT2D eigenvalue weighted by Crippen LogP contribution is -2.02. The zero-order chi connectivity index (χ0) is 10.2. The fourth-order valence-electron chi connectivity index (χ4n) is 1.48. The van der Waals surface area contributed by atoms with Gasteiger partial charge in [-0.1, -0.05) is 0 Å². The van der Waals surface area contributed by atoms with Crippen LogP contribution < -0.4 is 10.9 Å². The molecule has 0 bridgehead atoms. The number of benzene rings is 1. The van der Waals surface area contributed by atoms with E-state index in [1.54, 1.807) is 0 Å². The second kappa shape index (κ2) is 3.60. The minimum Gasteiger partial charge on any atom is -0.398 e. The maximum absolute atomic E-state index is 5.96. The molecule has 0 fully saturated rings. The van der Waals surface area contributed by atoms with Crippen molar-refractivity contribution in [2.24, 2.45) is 5.14 Å². The summed E-state index contributed by atoms with van der Waals surface area (Å²) in [5, 5.41) is 5.62. The van der Waals surface area contributed by atoms with Crippen LogP contribution in [0.3, 0.4) is 0 Å². The van der Waals surface area contributed by atoms with Gasteiger partial charge < -0.3 is 5.73 Å². The van der Waals surface area contributed by atoms with Crippen LogP contribution in [0.25, 0.3) is 0 Å². The van der Waals surface area contributed by atoms with Gasteiger partial charge in [-0.3, -0.25) is 5.14 Å². The van der Waals surface area contributed by atoms with Crippen LogP contribution in [0.15, 0.2) is 4.90 Å². The van der Waals surface area contributed by atoms with Gasteiger partial charge in [-0.15, -0.1) is 0 Å². The van der Waals surface area contributed by atoms with Crippen molar-refractivity contribution in [3.05, 3.63) is 22.3 Å². The molecule has 0 aliphatic rings. The molecule has 1 aromatic rings. The minimum absolute atomic E-state index is 0.896. The molecule has 0 saturated heterocycles. The average molecular weight is 196 g/mol. The molecule has 0 heterocycles. The third-order valence-corrected chi connectivity index (χ3v) is 3.58. The summed E-state index contributed by atoms with van der Waals surface area (Å²) in [5.74, 6) is 0. The molecular formula is C10H16N2S. The van der Waals surface area contributed by atoms with Crippen LogP contribution in [0.4, 0.5) is 5.69 Å². The molecule has 0 amide bonds. The Balaban J connectivity index is 3.56. The van der Waals surface area contributed by atoms with E-state index in [1.165, 1.54) is 23.1 Å². The number of hydrogen-bond acceptors (Lipinski definition) is 3. The Kier molecular flexibility index (Phi) is 2.88. The van der Waals surface area contributed by atoms with E-state index in [1.807, 2.05) is 13.8 Å². The number of nitrogen functional groups attached to an aromatic ring is 1. The Labute approximate surface area is 83.8 Å². The van der Waals surface area contributed by atoms with Gasteiger partial charge in [0.05, 0.1) is 0 Å². The maximum atomic E-state index is 5.96. The van der Waals surface area contributed by atoms with Gasteiger partial charge in [-0.05, 0) is 61.9 Å². The first-order chi connectivity index (χ1) is 6.00. The Morgan fingerprint density at radius 3 is 1.54 bits per heavy atom. The van der Waals surface area contributed by atoms with Crippen LogP contribution in [0.2, 0.25) is 0 Å². The SMILES string of the molecule is Cc1c(C)c(SN)c(C)c(C)c1N. The molecule has 0 aromatic heterocycles. The van der Waals surface area contributed by atoms with Gasteiger partial charge in [0, 0.05) is 10.6 Å². The molecule has 0 saturated carbocycles. The van der Waals surface area contributed by atoms with Gasteiger partial charge in [-0.2, -0.15) is 0 Å². The van der Waals surface area contributed by atoms with Crippen LogP contribution >= 0.6 is 11.9 Å². The molecule has 72 valence electrons. The highest BCUT2D eigenvalue weighted by molar-refractivity contribution is 7.97. The van der Waals surface area contributed by atoms with Crippen LogP contribution in [0.1, 0.15) is 22.3 Å². The van der Waals surface area contributed by atoms with E-state index >= 15 is 0 Å². The normalized spacial score (nSPS) is 10.5. The number of rotatable bonds is 1. The maximum Gasteiger partial charge on any atom is 0.0379 e. The molecule has 4 N–H and O–H groups in total. The first-order valence-corrected chi connectivity index (χ1v) is 5.11. The summed E-state index contributed by atoms with van der Waals surface area (Å²) in [6.07, 6.45) is 0. The van der Waals surface area contributed by atoms with Crippen LogP contribution in [-0.4, -0.2) is 0 Å². The highest BCUT2D eigenvalue weighted by Crippen LogP contribution is 2.32. The van der Waals surface area contributed by atoms with Crippen molar-refractivity contribution in [3.63, 3.8) is 0 Å². The summed E-state index contributed by atoms with van der Waals surface area (Å²) in [5.41, 5.74) is 11.6. The predicted octanol–water partition coefficient (Wildman–Crippen LogP) is 2.47. The van der Waals surface area contributed by atoms with Gasteiger partial charge in [0.2, 0.25) is 0 Å². The van der Waals surface area contributed by atoms with Crippen LogP contribution in [0, 0.1) is 27.7 Å². The Morgan fingerprint density at radius 2 is 1.23 bits per heavy atom. The van der Waals surface area contributed by atoms with E-state index in [4.69, 9.17) is 10.9 Å². The number of hydrogen-bond donors (Lipinski definition) is 2. The molecule has 1 aromatic carbocycles. The topological polar surface area (TPSA) is 52.0 Å². The molecular weight excluding hydrogens is 180 g/mol. The lowest BCUT2D eigenvalue weighted by Gasteiger charge is -2.15. The van der Waals surface area contributed by atoms with Gasteiger partial charge in [0.25, 0.3) is 0 Å². The van der Waals surface area contributed by atoms with Crippen molar-refractivity contribution < 1.29 is 0 Å². The van der Waals surface area contributed by atoms with Crippen LogP contribution in [0.5, 0.6) is 0 Å². The Hall–Kier alpha value is -0.670. The highest BCUT2D eigenvalue weighted by Gasteiger charge is 2.11. The fraction of sp³-hybridized carbons (Fsp3) is 0.400. The number of anilines is 1. The van der Waals surface area contributed by atoms with Gasteiger partial charge in [0.1, 0.15) is 0 Å². The summed E-state index contributed by atoms with van der Waals surface area (Å²) in [7, 11) is 0. The molecule has 2 nitrogen and oxygen atoms in total. The van der Waals surface area contributed by atoms with Crippen molar-refractivity contribution >= 4 is 17.6 Å². The summed E-state index contributed by atoms with van der Waals surface area (Å²) in [4.78, 5) is 1.16. The smallest absolute Gasteiger partial charge is 0.0379 e. The highest BCUT2D eigenvalue weighted by atomic mass is 32.2. The van der Waals surface area contributed by atoms with Gasteiger partial charge in [0.15, 0.2) is 0 Å². The van der Waals surface area contributed by atoms with Gasteiger partial charge >= 0.3 is 0 Å². The predicted molar refractivity (Wildman–Crippen MR) is 59.8 cm³/mol. The van der Waals surface area contributed by atoms with E-state index in [2.05, 4.69) is 13.8 Å². The first kappa shape index (κ1) is 10.4. The molecule has 0 aliphatic carbocycles. The van der Waals surface area contributed by atoms with E-state index < -0.39 is 0 Å². The Bertz CT molecular complexity index is 316. The van der Waals surface area contributed by atoms with Crippen molar-refractivity contribution in [1.29, 1.82) is 0 Å². The van der Waals surface area contributed by atoms with E-state index in [0.717, 1.165) is 21.7 Å². The summed E-state index contributed by atoms with van der Waals surface area (Å²) >= 11 is 1.30.